The van der Waals surface area contributed by atoms with Crippen LogP contribution in [0.2, 0.25) is 0 Å². The Hall–Kier alpha value is -2.67. The molecule has 0 unspecified atom stereocenters. The second kappa shape index (κ2) is 5.76. The highest BCUT2D eigenvalue weighted by Gasteiger charge is 2.26. The number of rotatable bonds is 4. The predicted octanol–water partition coefficient (Wildman–Crippen LogP) is 0.0919. The van der Waals surface area contributed by atoms with Gasteiger partial charge in [0.1, 0.15) is 0 Å². The lowest BCUT2D eigenvalue weighted by Gasteiger charge is -2.17. The average Bonchev–Trinajstić information content (AvgIpc) is 2.42. The molecule has 2 aromatic rings. The van der Waals surface area contributed by atoms with Crippen molar-refractivity contribution in [2.45, 2.75) is 19.1 Å². The summed E-state index contributed by atoms with van der Waals surface area (Å²) in [5.41, 5.74) is 0.0584. The third-order valence-electron chi connectivity index (χ3n) is 3.03. The van der Waals surface area contributed by atoms with E-state index in [1.807, 2.05) is 0 Å². The molecular weight excluding hydrogens is 276 g/mol. The summed E-state index contributed by atoms with van der Waals surface area (Å²) in [6.45, 7) is 1.26. The number of para-hydroxylation sites is 1. The maximum atomic E-state index is 12.2. The highest BCUT2D eigenvalue weighted by molar-refractivity contribution is 6.06. The van der Waals surface area contributed by atoms with Crippen molar-refractivity contribution in [2.75, 3.05) is 0 Å². The van der Waals surface area contributed by atoms with Gasteiger partial charge >= 0.3 is 5.97 Å². The average molecular weight is 290 g/mol. The van der Waals surface area contributed by atoms with E-state index in [-0.39, 0.29) is 5.56 Å². The van der Waals surface area contributed by atoms with Gasteiger partial charge in [0.05, 0.1) is 11.7 Å². The number of aromatic amines is 1. The molecule has 1 amide bonds. The van der Waals surface area contributed by atoms with E-state index < -0.39 is 29.6 Å². The Kier molecular flexibility index (Phi) is 4.04. The molecule has 7 nitrogen and oxygen atoms in total. The second-order valence-corrected chi connectivity index (χ2v) is 4.62. The number of pyridine rings is 1. The molecule has 1 heterocycles. The minimum atomic E-state index is -1.45. The Morgan fingerprint density at radius 3 is 2.57 bits per heavy atom. The Morgan fingerprint density at radius 1 is 1.29 bits per heavy atom. The van der Waals surface area contributed by atoms with Gasteiger partial charge in [-0.25, -0.2) is 4.79 Å². The van der Waals surface area contributed by atoms with Crippen molar-refractivity contribution in [1.29, 1.82) is 0 Å². The van der Waals surface area contributed by atoms with E-state index in [2.05, 4.69) is 10.3 Å². The van der Waals surface area contributed by atoms with Crippen LogP contribution in [0.4, 0.5) is 0 Å². The Bertz CT molecular complexity index is 750. The summed E-state index contributed by atoms with van der Waals surface area (Å²) in [7, 11) is 0. The summed E-state index contributed by atoms with van der Waals surface area (Å²) >= 11 is 0. The first-order valence-corrected chi connectivity index (χ1v) is 6.24. The standard InChI is InChI=1S/C14H14N2O5/c1-7(17)12(14(20)21)16-13(19)9-6-11(18)15-10-5-3-2-4-8(9)10/h2-7,12,17H,1H3,(H,15,18)(H,16,19)(H,20,21)/t7-,12+/m1/s1. The summed E-state index contributed by atoms with van der Waals surface area (Å²) in [5.74, 6) is -2.09. The Labute approximate surface area is 119 Å². The highest BCUT2D eigenvalue weighted by Crippen LogP contribution is 2.14. The molecule has 0 bridgehead atoms. The van der Waals surface area contributed by atoms with Crippen LogP contribution in [0.5, 0.6) is 0 Å². The van der Waals surface area contributed by atoms with Gasteiger partial charge in [0.15, 0.2) is 6.04 Å². The molecule has 0 aliphatic heterocycles. The number of aliphatic carboxylic acids is 1. The van der Waals surface area contributed by atoms with Crippen LogP contribution in [-0.2, 0) is 4.79 Å². The molecule has 110 valence electrons. The Balaban J connectivity index is 2.44. The van der Waals surface area contributed by atoms with Crippen LogP contribution in [0, 0.1) is 0 Å². The van der Waals surface area contributed by atoms with Crippen molar-refractivity contribution >= 4 is 22.8 Å². The van der Waals surface area contributed by atoms with E-state index in [0.29, 0.717) is 10.9 Å². The zero-order chi connectivity index (χ0) is 15.6. The first-order chi connectivity index (χ1) is 9.90. The first kappa shape index (κ1) is 14.7. The number of carbonyl (C=O) groups is 2. The molecule has 2 rings (SSSR count). The minimum Gasteiger partial charge on any atom is -0.480 e. The van der Waals surface area contributed by atoms with Gasteiger partial charge in [-0.1, -0.05) is 18.2 Å². The monoisotopic (exact) mass is 290 g/mol. The van der Waals surface area contributed by atoms with Crippen LogP contribution in [0.25, 0.3) is 10.9 Å². The minimum absolute atomic E-state index is 0.0567. The number of nitrogens with one attached hydrogen (secondary N) is 2. The van der Waals surface area contributed by atoms with Crippen LogP contribution in [-0.4, -0.2) is 39.2 Å². The zero-order valence-corrected chi connectivity index (χ0v) is 11.2. The molecule has 0 spiro atoms. The summed E-state index contributed by atoms with van der Waals surface area (Å²) in [6, 6.07) is 6.32. The lowest BCUT2D eigenvalue weighted by molar-refractivity contribution is -0.141. The van der Waals surface area contributed by atoms with Gasteiger partial charge in [0.2, 0.25) is 5.56 Å². The van der Waals surface area contributed by atoms with Gasteiger partial charge in [-0.2, -0.15) is 0 Å². The summed E-state index contributed by atoms with van der Waals surface area (Å²) in [4.78, 5) is 37.3. The van der Waals surface area contributed by atoms with Crippen LogP contribution in [0.1, 0.15) is 17.3 Å². The maximum Gasteiger partial charge on any atom is 0.328 e. The van der Waals surface area contributed by atoms with Gasteiger partial charge in [-0.15, -0.1) is 0 Å². The number of carbonyl (C=O) groups excluding carboxylic acids is 1. The van der Waals surface area contributed by atoms with E-state index in [9.17, 15) is 19.5 Å². The smallest absolute Gasteiger partial charge is 0.328 e. The van der Waals surface area contributed by atoms with E-state index in [0.717, 1.165) is 6.07 Å². The molecule has 0 aliphatic rings. The molecular formula is C14H14N2O5. The molecule has 0 fully saturated rings. The fourth-order valence-corrected chi connectivity index (χ4v) is 2.00. The Morgan fingerprint density at radius 2 is 1.95 bits per heavy atom. The largest absolute Gasteiger partial charge is 0.480 e. The quantitative estimate of drug-likeness (QED) is 0.636. The fraction of sp³-hybridized carbons (Fsp3) is 0.214. The number of hydrogen-bond acceptors (Lipinski definition) is 4. The fourth-order valence-electron chi connectivity index (χ4n) is 2.00. The molecule has 2 atom stereocenters. The molecule has 0 aliphatic carbocycles. The topological polar surface area (TPSA) is 119 Å². The van der Waals surface area contributed by atoms with E-state index >= 15 is 0 Å². The number of aliphatic hydroxyl groups excluding tert-OH is 1. The molecule has 1 aromatic carbocycles. The number of hydrogen-bond donors (Lipinski definition) is 4. The van der Waals surface area contributed by atoms with Crippen LogP contribution >= 0.6 is 0 Å². The molecule has 4 N–H and O–H groups in total. The summed E-state index contributed by atoms with van der Waals surface area (Å²) in [6.07, 6.45) is -1.26. The number of aliphatic hydroxyl groups is 1. The number of carboxylic acid groups (broad SMARTS) is 1. The van der Waals surface area contributed by atoms with Gasteiger partial charge in [-0.05, 0) is 13.0 Å². The first-order valence-electron chi connectivity index (χ1n) is 6.24. The van der Waals surface area contributed by atoms with Crippen LogP contribution < -0.4 is 10.9 Å². The van der Waals surface area contributed by atoms with E-state index in [1.165, 1.54) is 6.92 Å². The van der Waals surface area contributed by atoms with Gasteiger partial charge in [0, 0.05) is 17.0 Å². The van der Waals surface area contributed by atoms with E-state index in [1.54, 1.807) is 24.3 Å². The lowest BCUT2D eigenvalue weighted by atomic mass is 10.1. The second-order valence-electron chi connectivity index (χ2n) is 4.62. The van der Waals surface area contributed by atoms with Gasteiger partial charge in [-0.3, -0.25) is 9.59 Å². The number of amides is 1. The van der Waals surface area contributed by atoms with Gasteiger partial charge < -0.3 is 20.5 Å². The lowest BCUT2D eigenvalue weighted by Crippen LogP contribution is -2.47. The number of aromatic nitrogens is 1. The molecule has 7 heteroatoms. The third-order valence-corrected chi connectivity index (χ3v) is 3.03. The van der Waals surface area contributed by atoms with Crippen molar-refractivity contribution in [3.8, 4) is 0 Å². The third kappa shape index (κ3) is 3.09. The molecule has 0 saturated carbocycles. The molecule has 0 saturated heterocycles. The number of carboxylic acids is 1. The van der Waals surface area contributed by atoms with Crippen molar-refractivity contribution in [2.24, 2.45) is 0 Å². The van der Waals surface area contributed by atoms with Crippen LogP contribution in [0.3, 0.4) is 0 Å². The highest BCUT2D eigenvalue weighted by atomic mass is 16.4. The van der Waals surface area contributed by atoms with Crippen molar-refractivity contribution in [3.05, 3.63) is 46.2 Å². The van der Waals surface area contributed by atoms with E-state index in [4.69, 9.17) is 5.11 Å². The zero-order valence-electron chi connectivity index (χ0n) is 11.2. The van der Waals surface area contributed by atoms with Crippen molar-refractivity contribution in [3.63, 3.8) is 0 Å². The normalized spacial score (nSPS) is 13.6. The molecule has 21 heavy (non-hydrogen) atoms. The number of H-pyrrole nitrogens is 1. The predicted molar refractivity (Wildman–Crippen MR) is 75.1 cm³/mol. The maximum absolute atomic E-state index is 12.2. The number of fused-ring (bicyclic) bond motifs is 1. The van der Waals surface area contributed by atoms with Gasteiger partial charge in [0.25, 0.3) is 5.91 Å². The summed E-state index contributed by atoms with van der Waals surface area (Å²) < 4.78 is 0. The SMILES string of the molecule is C[C@@H](O)[C@H](NC(=O)c1cc(=O)[nH]c2ccccc12)C(=O)O. The van der Waals surface area contributed by atoms with Crippen molar-refractivity contribution < 1.29 is 19.8 Å². The number of benzene rings is 1. The van der Waals surface area contributed by atoms with Crippen molar-refractivity contribution in [1.82, 2.24) is 10.3 Å². The molecule has 1 aromatic heterocycles. The molecule has 0 radical (unpaired) electrons. The summed E-state index contributed by atoms with van der Waals surface area (Å²) in [5, 5.41) is 21.0. The van der Waals surface area contributed by atoms with Crippen LogP contribution in [0.15, 0.2) is 35.1 Å².